The Hall–Kier alpha value is -1.18. The summed E-state index contributed by atoms with van der Waals surface area (Å²) >= 11 is 1.97. The second-order valence-electron chi connectivity index (χ2n) is 4.46. The van der Waals surface area contributed by atoms with Crippen LogP contribution < -0.4 is 10.2 Å². The van der Waals surface area contributed by atoms with Gasteiger partial charge < -0.3 is 5.32 Å². The van der Waals surface area contributed by atoms with Gasteiger partial charge in [0, 0.05) is 3.57 Å². The molecule has 1 fully saturated rings. The number of nitrogens with one attached hydrogen (secondary N) is 1. The molecule has 1 aliphatic heterocycles. The SMILES string of the molecule is CCC1C(=O)NC(C)C(=O)N1c1ccc(F)cc1I. The van der Waals surface area contributed by atoms with Crippen LogP contribution in [-0.2, 0) is 9.59 Å². The van der Waals surface area contributed by atoms with Gasteiger partial charge in [-0.1, -0.05) is 6.92 Å². The van der Waals surface area contributed by atoms with E-state index < -0.39 is 12.1 Å². The first-order chi connectivity index (χ1) is 8.95. The first kappa shape index (κ1) is 14.2. The number of anilines is 1. The van der Waals surface area contributed by atoms with Gasteiger partial charge in [-0.05, 0) is 54.1 Å². The van der Waals surface area contributed by atoms with Crippen LogP contribution in [0.1, 0.15) is 20.3 Å². The Labute approximate surface area is 124 Å². The topological polar surface area (TPSA) is 49.4 Å². The van der Waals surface area contributed by atoms with E-state index in [4.69, 9.17) is 0 Å². The summed E-state index contributed by atoms with van der Waals surface area (Å²) in [5.41, 5.74) is 0.584. The largest absolute Gasteiger partial charge is 0.343 e. The molecule has 0 radical (unpaired) electrons. The number of amides is 2. The van der Waals surface area contributed by atoms with Crippen LogP contribution in [0.3, 0.4) is 0 Å². The molecule has 6 heteroatoms. The molecule has 1 aliphatic rings. The fourth-order valence-corrected chi connectivity index (χ4v) is 2.92. The second-order valence-corrected chi connectivity index (χ2v) is 5.62. The van der Waals surface area contributed by atoms with Crippen molar-refractivity contribution in [3.05, 3.63) is 27.6 Å². The van der Waals surface area contributed by atoms with Crippen LogP contribution in [0.2, 0.25) is 0 Å². The molecule has 1 aromatic rings. The number of hydrogen-bond donors (Lipinski definition) is 1. The molecule has 1 N–H and O–H groups in total. The van der Waals surface area contributed by atoms with Gasteiger partial charge in [-0.25, -0.2) is 4.39 Å². The fourth-order valence-electron chi connectivity index (χ4n) is 2.18. The molecule has 1 heterocycles. The van der Waals surface area contributed by atoms with Gasteiger partial charge in [0.05, 0.1) is 5.69 Å². The summed E-state index contributed by atoms with van der Waals surface area (Å²) in [7, 11) is 0. The van der Waals surface area contributed by atoms with Crippen molar-refractivity contribution >= 4 is 40.1 Å². The van der Waals surface area contributed by atoms with Crippen molar-refractivity contribution in [1.82, 2.24) is 5.32 Å². The predicted molar refractivity (Wildman–Crippen MR) is 78.3 cm³/mol. The smallest absolute Gasteiger partial charge is 0.250 e. The fraction of sp³-hybridized carbons (Fsp3) is 0.385. The Morgan fingerprint density at radius 1 is 1.42 bits per heavy atom. The van der Waals surface area contributed by atoms with Crippen LogP contribution in [0.25, 0.3) is 0 Å². The van der Waals surface area contributed by atoms with E-state index in [1.54, 1.807) is 13.0 Å². The Morgan fingerprint density at radius 3 is 2.68 bits per heavy atom. The number of carbonyl (C=O) groups is 2. The van der Waals surface area contributed by atoms with Gasteiger partial charge in [-0.2, -0.15) is 0 Å². The second kappa shape index (κ2) is 5.44. The summed E-state index contributed by atoms with van der Waals surface area (Å²) in [6.07, 6.45) is 0.512. The number of piperazine rings is 1. The Kier molecular flexibility index (Phi) is 4.07. The number of nitrogens with zero attached hydrogens (tertiary/aromatic N) is 1. The first-order valence-electron chi connectivity index (χ1n) is 6.04. The molecule has 1 aromatic carbocycles. The Bertz CT molecular complexity index is 535. The number of benzene rings is 1. The molecule has 102 valence electrons. The minimum absolute atomic E-state index is 0.170. The molecular weight excluding hydrogens is 362 g/mol. The quantitative estimate of drug-likeness (QED) is 0.804. The lowest BCUT2D eigenvalue weighted by Crippen LogP contribution is -2.62. The highest BCUT2D eigenvalue weighted by Gasteiger charge is 2.39. The summed E-state index contributed by atoms with van der Waals surface area (Å²) in [5, 5.41) is 2.65. The van der Waals surface area contributed by atoms with E-state index in [-0.39, 0.29) is 17.6 Å². The van der Waals surface area contributed by atoms with E-state index in [0.29, 0.717) is 15.7 Å². The average molecular weight is 376 g/mol. The first-order valence-corrected chi connectivity index (χ1v) is 7.12. The zero-order valence-corrected chi connectivity index (χ0v) is 12.8. The van der Waals surface area contributed by atoms with Gasteiger partial charge in [-0.15, -0.1) is 0 Å². The molecule has 0 saturated carbocycles. The number of rotatable bonds is 2. The maximum atomic E-state index is 13.2. The van der Waals surface area contributed by atoms with Gasteiger partial charge >= 0.3 is 0 Å². The highest BCUT2D eigenvalue weighted by Crippen LogP contribution is 2.28. The normalized spacial score (nSPS) is 23.5. The van der Waals surface area contributed by atoms with E-state index in [1.807, 2.05) is 29.5 Å². The van der Waals surface area contributed by atoms with Crippen molar-refractivity contribution in [2.45, 2.75) is 32.4 Å². The summed E-state index contributed by atoms with van der Waals surface area (Å²) in [4.78, 5) is 25.7. The number of hydrogen-bond acceptors (Lipinski definition) is 2. The minimum atomic E-state index is -0.559. The molecule has 2 atom stereocenters. The molecule has 2 unspecified atom stereocenters. The van der Waals surface area contributed by atoms with Crippen molar-refractivity contribution < 1.29 is 14.0 Å². The molecule has 2 amide bonds. The van der Waals surface area contributed by atoms with E-state index >= 15 is 0 Å². The summed E-state index contributed by atoms with van der Waals surface area (Å²) in [6.45, 7) is 3.49. The van der Waals surface area contributed by atoms with Crippen LogP contribution in [0.15, 0.2) is 18.2 Å². The third kappa shape index (κ3) is 2.58. The van der Waals surface area contributed by atoms with Crippen molar-refractivity contribution in [2.75, 3.05) is 4.90 Å². The van der Waals surface area contributed by atoms with E-state index in [2.05, 4.69) is 5.32 Å². The van der Waals surface area contributed by atoms with Gasteiger partial charge in [0.15, 0.2) is 0 Å². The minimum Gasteiger partial charge on any atom is -0.343 e. The number of carbonyl (C=O) groups excluding carboxylic acids is 2. The third-order valence-electron chi connectivity index (χ3n) is 3.14. The van der Waals surface area contributed by atoms with Crippen LogP contribution in [0, 0.1) is 9.39 Å². The van der Waals surface area contributed by atoms with Gasteiger partial charge in [-0.3, -0.25) is 14.5 Å². The van der Waals surface area contributed by atoms with Crippen LogP contribution in [0.4, 0.5) is 10.1 Å². The van der Waals surface area contributed by atoms with E-state index in [0.717, 1.165) is 0 Å². The summed E-state index contributed by atoms with van der Waals surface area (Å²) in [6, 6.07) is 3.10. The molecule has 0 aromatic heterocycles. The van der Waals surface area contributed by atoms with Crippen molar-refractivity contribution in [3.63, 3.8) is 0 Å². The molecule has 19 heavy (non-hydrogen) atoms. The third-order valence-corrected chi connectivity index (χ3v) is 4.00. The maximum Gasteiger partial charge on any atom is 0.250 e. The van der Waals surface area contributed by atoms with Crippen LogP contribution in [-0.4, -0.2) is 23.9 Å². The lowest BCUT2D eigenvalue weighted by Gasteiger charge is -2.38. The zero-order chi connectivity index (χ0) is 14.2. The molecule has 1 saturated heterocycles. The van der Waals surface area contributed by atoms with Crippen molar-refractivity contribution in [1.29, 1.82) is 0 Å². The van der Waals surface area contributed by atoms with Gasteiger partial charge in [0.25, 0.3) is 0 Å². The lowest BCUT2D eigenvalue weighted by molar-refractivity contribution is -0.133. The van der Waals surface area contributed by atoms with Crippen molar-refractivity contribution in [2.24, 2.45) is 0 Å². The highest BCUT2D eigenvalue weighted by atomic mass is 127. The van der Waals surface area contributed by atoms with Crippen LogP contribution in [0.5, 0.6) is 0 Å². The maximum absolute atomic E-state index is 13.2. The summed E-state index contributed by atoms with van der Waals surface area (Å²) in [5.74, 6) is -0.700. The lowest BCUT2D eigenvalue weighted by atomic mass is 10.0. The van der Waals surface area contributed by atoms with Gasteiger partial charge in [0.2, 0.25) is 11.8 Å². The van der Waals surface area contributed by atoms with Crippen LogP contribution >= 0.6 is 22.6 Å². The molecule has 4 nitrogen and oxygen atoms in total. The molecule has 0 spiro atoms. The Balaban J connectivity index is 2.48. The van der Waals surface area contributed by atoms with E-state index in [1.165, 1.54) is 17.0 Å². The standard InChI is InChI=1S/C13H14FIN2O2/c1-3-10-12(18)16-7(2)13(19)17(10)11-5-4-8(14)6-9(11)15/h4-7,10H,3H2,1-2H3,(H,16,18). The molecule has 2 rings (SSSR count). The Morgan fingerprint density at radius 2 is 2.11 bits per heavy atom. The average Bonchev–Trinajstić information content (AvgIpc) is 2.34. The van der Waals surface area contributed by atoms with E-state index in [9.17, 15) is 14.0 Å². The monoisotopic (exact) mass is 376 g/mol. The molecular formula is C13H14FIN2O2. The summed E-state index contributed by atoms with van der Waals surface area (Å²) < 4.78 is 13.8. The molecule has 0 bridgehead atoms. The van der Waals surface area contributed by atoms with Crippen molar-refractivity contribution in [3.8, 4) is 0 Å². The zero-order valence-electron chi connectivity index (χ0n) is 10.6. The molecule has 0 aliphatic carbocycles. The number of halogens is 2. The predicted octanol–water partition coefficient (Wildman–Crippen LogP) is 2.06. The van der Waals surface area contributed by atoms with Gasteiger partial charge in [0.1, 0.15) is 17.9 Å². The highest BCUT2D eigenvalue weighted by molar-refractivity contribution is 14.1.